The van der Waals surface area contributed by atoms with Gasteiger partial charge in [0.2, 0.25) is 0 Å². The number of amides is 1. The number of carbonyl (C=O) groups is 1. The molecule has 3 aromatic rings. The van der Waals surface area contributed by atoms with Gasteiger partial charge in [0.05, 0.1) is 5.56 Å². The zero-order valence-electron chi connectivity index (χ0n) is 18.0. The van der Waals surface area contributed by atoms with E-state index in [1.807, 2.05) is 0 Å². The number of nitro groups is 1. The number of alkyl halides is 3. The molecule has 184 valence electrons. The van der Waals surface area contributed by atoms with Gasteiger partial charge in [-0.1, -0.05) is 12.1 Å². The second kappa shape index (κ2) is 9.91. The van der Waals surface area contributed by atoms with Crippen LogP contribution in [0, 0.1) is 10.1 Å². The summed E-state index contributed by atoms with van der Waals surface area (Å²) in [6.07, 6.45) is -3.82. The number of imidazole rings is 1. The van der Waals surface area contributed by atoms with Gasteiger partial charge in [-0.25, -0.2) is 4.79 Å². The first-order chi connectivity index (χ1) is 16.7. The quantitative estimate of drug-likeness (QED) is 0.372. The molecule has 1 unspecified atom stereocenters. The minimum Gasteiger partial charge on any atom is -0.489 e. The largest absolute Gasteiger partial charge is 0.489 e. The van der Waals surface area contributed by atoms with Crippen LogP contribution in [0.25, 0.3) is 0 Å². The molecule has 1 atom stereocenters. The second-order valence-electron chi connectivity index (χ2n) is 7.59. The lowest BCUT2D eigenvalue weighted by Crippen LogP contribution is -2.32. The van der Waals surface area contributed by atoms with Gasteiger partial charge in [-0.15, -0.1) is 0 Å². The number of aryl methyl sites for hydroxylation is 1. The molecule has 1 N–H and O–H groups in total. The molecule has 13 heteroatoms. The number of nitrogens with one attached hydrogen (secondary N) is 1. The summed E-state index contributed by atoms with van der Waals surface area (Å²) in [5, 5.41) is 13.4. The van der Waals surface area contributed by atoms with Crippen LogP contribution < -0.4 is 14.8 Å². The summed E-state index contributed by atoms with van der Waals surface area (Å²) in [7, 11) is 0. The van der Waals surface area contributed by atoms with Crippen molar-refractivity contribution in [2.45, 2.75) is 31.9 Å². The Bertz CT molecular complexity index is 1200. The molecule has 2 aromatic carbocycles. The summed E-state index contributed by atoms with van der Waals surface area (Å²) < 4.78 is 55.6. The summed E-state index contributed by atoms with van der Waals surface area (Å²) in [4.78, 5) is 26.1. The molecule has 0 saturated carbocycles. The molecule has 1 aliphatic rings. The third kappa shape index (κ3) is 6.19. The highest BCUT2D eigenvalue weighted by atomic mass is 19.4. The predicted molar refractivity (Wildman–Crippen MR) is 115 cm³/mol. The highest BCUT2D eigenvalue weighted by molar-refractivity contribution is 5.84. The van der Waals surface area contributed by atoms with Crippen LogP contribution in [-0.4, -0.2) is 33.3 Å². The number of fused-ring (bicyclic) bond motifs is 1. The van der Waals surface area contributed by atoms with E-state index < -0.39 is 28.9 Å². The standard InChI is InChI=1S/C22H19F3N4O6/c23-22(24,25)15-3-1-14(2-4-15)12-33-17-7-5-16(6-8-17)26-21(30)34-13-18-9-10-28-11-19(29(31)32)27-20(28)35-18/h1-8,11,18H,9-10,12-13H2,(H,26,30). The van der Waals surface area contributed by atoms with Crippen molar-refractivity contribution in [3.63, 3.8) is 0 Å². The van der Waals surface area contributed by atoms with Crippen LogP contribution >= 0.6 is 0 Å². The van der Waals surface area contributed by atoms with E-state index in [1.54, 1.807) is 24.3 Å². The molecular weight excluding hydrogens is 473 g/mol. The third-order valence-electron chi connectivity index (χ3n) is 5.07. The minimum absolute atomic E-state index is 0.0686. The lowest BCUT2D eigenvalue weighted by Gasteiger charge is -2.21. The van der Waals surface area contributed by atoms with Gasteiger partial charge in [0, 0.05) is 23.6 Å². The van der Waals surface area contributed by atoms with Crippen molar-refractivity contribution in [3.8, 4) is 11.8 Å². The number of hydrogen-bond acceptors (Lipinski definition) is 7. The van der Waals surface area contributed by atoms with E-state index in [4.69, 9.17) is 14.2 Å². The molecule has 1 aromatic heterocycles. The second-order valence-corrected chi connectivity index (χ2v) is 7.59. The van der Waals surface area contributed by atoms with Gasteiger partial charge in [-0.05, 0) is 46.9 Å². The average molecular weight is 492 g/mol. The SMILES string of the molecule is O=C(Nc1ccc(OCc2ccc(C(F)(F)F)cc2)cc1)OCC1CCn2cc([N+](=O)[O-])nc2O1. The van der Waals surface area contributed by atoms with Crippen LogP contribution in [0.1, 0.15) is 17.5 Å². The molecule has 0 fully saturated rings. The van der Waals surface area contributed by atoms with Crippen LogP contribution in [0.3, 0.4) is 0 Å². The summed E-state index contributed by atoms with van der Waals surface area (Å²) in [5.74, 6) is 0.148. The zero-order chi connectivity index (χ0) is 25.0. The Hall–Kier alpha value is -4.29. The van der Waals surface area contributed by atoms with Crippen molar-refractivity contribution in [2.24, 2.45) is 0 Å². The number of carbonyl (C=O) groups excluding carboxylic acids is 1. The number of ether oxygens (including phenoxy) is 3. The van der Waals surface area contributed by atoms with Gasteiger partial charge in [-0.2, -0.15) is 13.2 Å². The van der Waals surface area contributed by atoms with E-state index in [1.165, 1.54) is 22.9 Å². The smallest absolute Gasteiger partial charge is 0.416 e. The zero-order valence-corrected chi connectivity index (χ0v) is 18.0. The maximum atomic E-state index is 12.6. The van der Waals surface area contributed by atoms with E-state index in [2.05, 4.69) is 10.3 Å². The monoisotopic (exact) mass is 492 g/mol. The Morgan fingerprint density at radius 1 is 1.20 bits per heavy atom. The van der Waals surface area contributed by atoms with Gasteiger partial charge in [0.15, 0.2) is 0 Å². The van der Waals surface area contributed by atoms with Crippen molar-refractivity contribution in [1.82, 2.24) is 9.55 Å². The molecule has 4 rings (SSSR count). The molecule has 1 aliphatic heterocycles. The highest BCUT2D eigenvalue weighted by Gasteiger charge is 2.30. The Morgan fingerprint density at radius 3 is 2.57 bits per heavy atom. The van der Waals surface area contributed by atoms with Crippen LogP contribution in [0.2, 0.25) is 0 Å². The van der Waals surface area contributed by atoms with E-state index in [0.29, 0.717) is 30.0 Å². The number of halogens is 3. The Labute approximate surface area is 196 Å². The summed E-state index contributed by atoms with van der Waals surface area (Å²) in [6, 6.07) is 11.1. The van der Waals surface area contributed by atoms with Crippen molar-refractivity contribution in [2.75, 3.05) is 11.9 Å². The van der Waals surface area contributed by atoms with Gasteiger partial charge in [-0.3, -0.25) is 9.88 Å². The molecule has 10 nitrogen and oxygen atoms in total. The Kier molecular flexibility index (Phi) is 6.75. The summed E-state index contributed by atoms with van der Waals surface area (Å²) in [6.45, 7) is 0.455. The average Bonchev–Trinajstić information content (AvgIpc) is 3.26. The Morgan fingerprint density at radius 2 is 1.91 bits per heavy atom. The predicted octanol–water partition coefficient (Wildman–Crippen LogP) is 4.79. The van der Waals surface area contributed by atoms with Crippen LogP contribution in [0.15, 0.2) is 54.7 Å². The molecule has 35 heavy (non-hydrogen) atoms. The Balaban J connectivity index is 1.21. The number of nitrogens with zero attached hydrogens (tertiary/aromatic N) is 3. The van der Waals surface area contributed by atoms with Crippen molar-refractivity contribution < 1.29 is 37.1 Å². The van der Waals surface area contributed by atoms with E-state index >= 15 is 0 Å². The molecule has 0 saturated heterocycles. The van der Waals surface area contributed by atoms with Gasteiger partial charge in [0.25, 0.3) is 0 Å². The summed E-state index contributed by atoms with van der Waals surface area (Å²) >= 11 is 0. The number of rotatable bonds is 7. The molecule has 0 radical (unpaired) electrons. The maximum Gasteiger partial charge on any atom is 0.416 e. The van der Waals surface area contributed by atoms with Gasteiger partial charge < -0.3 is 24.3 Å². The van der Waals surface area contributed by atoms with E-state index in [0.717, 1.165) is 12.1 Å². The first-order valence-corrected chi connectivity index (χ1v) is 10.4. The molecular formula is C22H19F3N4O6. The third-order valence-corrected chi connectivity index (χ3v) is 5.07. The normalized spacial score (nSPS) is 15.0. The van der Waals surface area contributed by atoms with Gasteiger partial charge in [0.1, 0.15) is 31.3 Å². The fraction of sp³-hybridized carbons (Fsp3) is 0.273. The summed E-state index contributed by atoms with van der Waals surface area (Å²) in [5.41, 5.74) is 0.284. The highest BCUT2D eigenvalue weighted by Crippen LogP contribution is 2.29. The lowest BCUT2D eigenvalue weighted by atomic mass is 10.1. The van der Waals surface area contributed by atoms with Crippen molar-refractivity contribution in [1.29, 1.82) is 0 Å². The number of hydrogen-bond donors (Lipinski definition) is 1. The van der Waals surface area contributed by atoms with Crippen molar-refractivity contribution >= 4 is 17.6 Å². The molecule has 1 amide bonds. The topological polar surface area (TPSA) is 118 Å². The number of anilines is 1. The first-order valence-electron chi connectivity index (χ1n) is 10.4. The number of benzene rings is 2. The molecule has 0 bridgehead atoms. The first kappa shape index (κ1) is 23.9. The van der Waals surface area contributed by atoms with Crippen LogP contribution in [-0.2, 0) is 24.1 Å². The van der Waals surface area contributed by atoms with Crippen LogP contribution in [0.5, 0.6) is 11.8 Å². The molecule has 0 spiro atoms. The van der Waals surface area contributed by atoms with E-state index in [-0.39, 0.29) is 25.0 Å². The molecule has 2 heterocycles. The van der Waals surface area contributed by atoms with Crippen LogP contribution in [0.4, 0.5) is 29.5 Å². The fourth-order valence-corrected chi connectivity index (χ4v) is 3.25. The maximum absolute atomic E-state index is 12.6. The van der Waals surface area contributed by atoms with Gasteiger partial charge >= 0.3 is 24.1 Å². The minimum atomic E-state index is -4.39. The van der Waals surface area contributed by atoms with Crippen molar-refractivity contribution in [3.05, 3.63) is 76.0 Å². The lowest BCUT2D eigenvalue weighted by molar-refractivity contribution is -0.389. The fourth-order valence-electron chi connectivity index (χ4n) is 3.25. The molecule has 0 aliphatic carbocycles. The number of aromatic nitrogens is 2. The van der Waals surface area contributed by atoms with E-state index in [9.17, 15) is 28.1 Å².